The first-order valence-electron chi connectivity index (χ1n) is 7.09. The average molecular weight is 276 g/mol. The molecular weight excluding hydrogens is 252 g/mol. The minimum atomic E-state index is 0.482. The zero-order valence-corrected chi connectivity index (χ0v) is 13.0. The third-order valence-electron chi connectivity index (χ3n) is 4.27. The van der Waals surface area contributed by atoms with Gasteiger partial charge in [-0.25, -0.2) is 0 Å². The van der Waals surface area contributed by atoms with Crippen molar-refractivity contribution in [2.24, 2.45) is 17.6 Å². The molecule has 1 heterocycles. The van der Waals surface area contributed by atoms with Gasteiger partial charge in [0, 0.05) is 18.7 Å². The summed E-state index contributed by atoms with van der Waals surface area (Å²) in [5.41, 5.74) is 9.32. The van der Waals surface area contributed by atoms with Gasteiger partial charge in [-0.3, -0.25) is 4.90 Å². The first kappa shape index (κ1) is 14.5. The summed E-state index contributed by atoms with van der Waals surface area (Å²) in [5.74, 6) is 1.65. The van der Waals surface area contributed by atoms with Crippen molar-refractivity contribution < 1.29 is 0 Å². The van der Waals surface area contributed by atoms with Crippen LogP contribution >= 0.6 is 12.2 Å². The largest absolute Gasteiger partial charge is 0.389 e. The molecule has 104 valence electrons. The number of hydrogen-bond acceptors (Lipinski definition) is 2. The number of likely N-dealkylation sites (tertiary alicyclic amines) is 1. The van der Waals surface area contributed by atoms with Crippen LogP contribution in [0, 0.1) is 18.8 Å². The first-order chi connectivity index (χ1) is 8.97. The molecular formula is C16H24N2S. The highest BCUT2D eigenvalue weighted by Gasteiger charge is 2.24. The summed E-state index contributed by atoms with van der Waals surface area (Å²) < 4.78 is 0. The SMILES string of the molecule is Cc1cc(C(N)=S)ccc1CN1CCC(C(C)C)C1. The molecule has 0 bridgehead atoms. The summed E-state index contributed by atoms with van der Waals surface area (Å²) in [7, 11) is 0. The van der Waals surface area contributed by atoms with E-state index in [2.05, 4.69) is 37.8 Å². The van der Waals surface area contributed by atoms with Gasteiger partial charge >= 0.3 is 0 Å². The molecule has 0 aromatic heterocycles. The summed E-state index contributed by atoms with van der Waals surface area (Å²) in [4.78, 5) is 3.05. The van der Waals surface area contributed by atoms with E-state index in [1.165, 1.54) is 30.6 Å². The van der Waals surface area contributed by atoms with Crippen LogP contribution in [0.4, 0.5) is 0 Å². The van der Waals surface area contributed by atoms with Crippen molar-refractivity contribution in [2.45, 2.75) is 33.7 Å². The van der Waals surface area contributed by atoms with Crippen LogP contribution in [-0.4, -0.2) is 23.0 Å². The minimum absolute atomic E-state index is 0.482. The zero-order chi connectivity index (χ0) is 14.0. The number of benzene rings is 1. The Morgan fingerprint density at radius 3 is 2.74 bits per heavy atom. The number of rotatable bonds is 4. The van der Waals surface area contributed by atoms with Crippen molar-refractivity contribution in [3.05, 3.63) is 34.9 Å². The maximum Gasteiger partial charge on any atom is 0.103 e. The fourth-order valence-electron chi connectivity index (χ4n) is 2.82. The maximum atomic E-state index is 5.67. The molecule has 1 aromatic carbocycles. The summed E-state index contributed by atoms with van der Waals surface area (Å²) in [5, 5.41) is 0. The summed E-state index contributed by atoms with van der Waals surface area (Å²) >= 11 is 5.02. The molecule has 1 unspecified atom stereocenters. The Labute approximate surface area is 122 Å². The Kier molecular flexibility index (Phi) is 4.58. The van der Waals surface area contributed by atoms with Gasteiger partial charge in [-0.1, -0.05) is 38.2 Å². The average Bonchev–Trinajstić information content (AvgIpc) is 2.80. The molecule has 1 fully saturated rings. The fourth-order valence-corrected chi connectivity index (χ4v) is 2.94. The van der Waals surface area contributed by atoms with Gasteiger partial charge in [-0.05, 0) is 48.9 Å². The lowest BCUT2D eigenvalue weighted by Crippen LogP contribution is -2.22. The molecule has 0 spiro atoms. The Morgan fingerprint density at radius 2 is 2.21 bits per heavy atom. The molecule has 0 amide bonds. The summed E-state index contributed by atoms with van der Waals surface area (Å²) in [6, 6.07) is 6.32. The molecule has 0 radical (unpaired) electrons. The van der Waals surface area contributed by atoms with Crippen LogP contribution < -0.4 is 5.73 Å². The smallest absolute Gasteiger partial charge is 0.103 e. The van der Waals surface area contributed by atoms with Crippen molar-refractivity contribution in [2.75, 3.05) is 13.1 Å². The van der Waals surface area contributed by atoms with Crippen LogP contribution in [0.2, 0.25) is 0 Å². The highest BCUT2D eigenvalue weighted by atomic mass is 32.1. The standard InChI is InChI=1S/C16H24N2S/c1-11(2)14-6-7-18(9-14)10-15-5-4-13(16(17)19)8-12(15)3/h4-5,8,11,14H,6-7,9-10H2,1-3H3,(H2,17,19). The molecule has 19 heavy (non-hydrogen) atoms. The topological polar surface area (TPSA) is 29.3 Å². The van der Waals surface area contributed by atoms with E-state index in [1.807, 2.05) is 6.07 Å². The lowest BCUT2D eigenvalue weighted by molar-refractivity contribution is 0.296. The van der Waals surface area contributed by atoms with E-state index in [9.17, 15) is 0 Å². The highest BCUT2D eigenvalue weighted by molar-refractivity contribution is 7.80. The molecule has 3 heteroatoms. The Morgan fingerprint density at radius 1 is 1.47 bits per heavy atom. The number of nitrogens with two attached hydrogens (primary N) is 1. The van der Waals surface area contributed by atoms with Gasteiger partial charge in [0.2, 0.25) is 0 Å². The second-order valence-corrected chi connectivity index (χ2v) is 6.47. The van der Waals surface area contributed by atoms with E-state index >= 15 is 0 Å². The molecule has 0 aliphatic carbocycles. The number of nitrogens with zero attached hydrogens (tertiary/aromatic N) is 1. The second kappa shape index (κ2) is 6.02. The number of aryl methyl sites for hydroxylation is 1. The van der Waals surface area contributed by atoms with Crippen molar-refractivity contribution in [1.29, 1.82) is 0 Å². The van der Waals surface area contributed by atoms with E-state index in [0.717, 1.165) is 23.9 Å². The van der Waals surface area contributed by atoms with E-state index in [0.29, 0.717) is 4.99 Å². The molecule has 1 aliphatic heterocycles. The van der Waals surface area contributed by atoms with E-state index in [-0.39, 0.29) is 0 Å². The highest BCUT2D eigenvalue weighted by Crippen LogP contribution is 2.25. The van der Waals surface area contributed by atoms with Crippen molar-refractivity contribution in [3.8, 4) is 0 Å². The summed E-state index contributed by atoms with van der Waals surface area (Å²) in [6.07, 6.45) is 1.34. The van der Waals surface area contributed by atoms with Gasteiger partial charge in [0.25, 0.3) is 0 Å². The van der Waals surface area contributed by atoms with E-state index in [1.54, 1.807) is 0 Å². The fraction of sp³-hybridized carbons (Fsp3) is 0.562. The Balaban J connectivity index is 2.02. The Bertz CT molecular complexity index is 468. The molecule has 2 nitrogen and oxygen atoms in total. The van der Waals surface area contributed by atoms with Crippen LogP contribution in [0.15, 0.2) is 18.2 Å². The van der Waals surface area contributed by atoms with Gasteiger partial charge in [0.05, 0.1) is 0 Å². The van der Waals surface area contributed by atoms with E-state index < -0.39 is 0 Å². The van der Waals surface area contributed by atoms with Crippen molar-refractivity contribution >= 4 is 17.2 Å². The molecule has 1 aromatic rings. The zero-order valence-electron chi connectivity index (χ0n) is 12.1. The van der Waals surface area contributed by atoms with Crippen molar-refractivity contribution in [1.82, 2.24) is 4.90 Å². The summed E-state index contributed by atoms with van der Waals surface area (Å²) in [6.45, 7) is 10.3. The molecule has 1 atom stereocenters. The predicted molar refractivity (Wildman–Crippen MR) is 85.3 cm³/mol. The van der Waals surface area contributed by atoms with Gasteiger partial charge in [0.15, 0.2) is 0 Å². The Hall–Kier alpha value is -0.930. The number of thiocarbonyl (C=S) groups is 1. The lowest BCUT2D eigenvalue weighted by atomic mass is 9.95. The van der Waals surface area contributed by atoms with Crippen molar-refractivity contribution in [3.63, 3.8) is 0 Å². The van der Waals surface area contributed by atoms with Crippen LogP contribution in [0.25, 0.3) is 0 Å². The third kappa shape index (κ3) is 3.54. The van der Waals surface area contributed by atoms with E-state index in [4.69, 9.17) is 18.0 Å². The van der Waals surface area contributed by atoms with Gasteiger partial charge in [-0.2, -0.15) is 0 Å². The molecule has 1 aliphatic rings. The minimum Gasteiger partial charge on any atom is -0.389 e. The van der Waals surface area contributed by atoms with Gasteiger partial charge in [-0.15, -0.1) is 0 Å². The monoisotopic (exact) mass is 276 g/mol. The van der Waals surface area contributed by atoms with Gasteiger partial charge in [0.1, 0.15) is 4.99 Å². The molecule has 0 saturated carbocycles. The van der Waals surface area contributed by atoms with Crippen LogP contribution in [0.5, 0.6) is 0 Å². The van der Waals surface area contributed by atoms with Crippen LogP contribution in [0.3, 0.4) is 0 Å². The lowest BCUT2D eigenvalue weighted by Gasteiger charge is -2.19. The second-order valence-electron chi connectivity index (χ2n) is 6.03. The molecule has 2 rings (SSSR count). The quantitative estimate of drug-likeness (QED) is 0.857. The maximum absolute atomic E-state index is 5.67. The molecule has 1 saturated heterocycles. The third-order valence-corrected chi connectivity index (χ3v) is 4.51. The molecule has 2 N–H and O–H groups in total. The predicted octanol–water partition coefficient (Wildman–Crippen LogP) is 3.11. The number of hydrogen-bond donors (Lipinski definition) is 1. The van der Waals surface area contributed by atoms with Crippen LogP contribution in [0.1, 0.15) is 37.0 Å². The van der Waals surface area contributed by atoms with Crippen LogP contribution in [-0.2, 0) is 6.54 Å². The van der Waals surface area contributed by atoms with Gasteiger partial charge < -0.3 is 5.73 Å². The normalized spacial score (nSPS) is 20.1. The first-order valence-corrected chi connectivity index (χ1v) is 7.50.